The maximum absolute atomic E-state index is 14.5. The van der Waals surface area contributed by atoms with Crippen LogP contribution in [-0.4, -0.2) is 63.1 Å². The van der Waals surface area contributed by atoms with E-state index in [0.29, 0.717) is 49.7 Å². The second-order valence-corrected chi connectivity index (χ2v) is 8.65. The number of anilines is 1. The molecule has 1 saturated heterocycles. The lowest BCUT2D eigenvalue weighted by Gasteiger charge is -2.37. The predicted octanol–water partition coefficient (Wildman–Crippen LogP) is 3.88. The van der Waals surface area contributed by atoms with Crippen LogP contribution < -0.4 is 4.90 Å². The number of urea groups is 1. The Labute approximate surface area is 200 Å². The number of carbonyl (C=O) groups excluding carboxylic acids is 1. The minimum Gasteiger partial charge on any atom is -0.353 e. The molecule has 11 heteroatoms. The quantitative estimate of drug-likeness (QED) is 0.567. The molecule has 0 spiro atoms. The summed E-state index contributed by atoms with van der Waals surface area (Å²) in [7, 11) is 1.74. The molecule has 0 N–H and O–H groups in total. The maximum Gasteiger partial charge on any atom is 0.341 e. The Morgan fingerprint density at radius 2 is 1.71 bits per heavy atom. The minimum absolute atomic E-state index is 0.223. The van der Waals surface area contributed by atoms with Gasteiger partial charge in [-0.15, -0.1) is 0 Å². The standard InChI is InChI=1S/C24H24F3N7O/c1-15-11-21(31(2)30-15)23-19(27)3-4-22(29-23)32-7-9-33(10-8-32)24(35)34-20(5-6-28-34)16-12-17(25)14-18(26)13-16/h3-4,6,11-14,20H,5,7-10H2,1-2H3. The third-order valence-electron chi connectivity index (χ3n) is 6.25. The van der Waals surface area contributed by atoms with Gasteiger partial charge in [-0.1, -0.05) is 0 Å². The van der Waals surface area contributed by atoms with E-state index < -0.39 is 23.5 Å². The lowest BCUT2D eigenvalue weighted by molar-refractivity contribution is 0.139. The summed E-state index contributed by atoms with van der Waals surface area (Å²) in [5.41, 5.74) is 1.94. The molecule has 0 saturated carbocycles. The summed E-state index contributed by atoms with van der Waals surface area (Å²) in [5, 5.41) is 9.72. The number of aromatic nitrogens is 3. The number of rotatable bonds is 3. The SMILES string of the molecule is Cc1cc(-c2nc(N3CCN(C(=O)N4N=CCC4c4cc(F)cc(F)c4)CC3)ccc2F)n(C)n1. The normalized spacial score (nSPS) is 18.0. The first kappa shape index (κ1) is 22.9. The lowest BCUT2D eigenvalue weighted by atomic mass is 10.0. The molecule has 1 atom stereocenters. The van der Waals surface area contributed by atoms with Gasteiger partial charge in [0.2, 0.25) is 0 Å². The zero-order valence-corrected chi connectivity index (χ0v) is 19.3. The average Bonchev–Trinajstić information content (AvgIpc) is 3.44. The van der Waals surface area contributed by atoms with Crippen LogP contribution in [0.4, 0.5) is 23.8 Å². The highest BCUT2D eigenvalue weighted by Crippen LogP contribution is 2.31. The second kappa shape index (κ2) is 9.05. The molecule has 0 bridgehead atoms. The number of piperazine rings is 1. The molecule has 8 nitrogen and oxygen atoms in total. The Morgan fingerprint density at radius 3 is 2.37 bits per heavy atom. The monoisotopic (exact) mass is 483 g/mol. The largest absolute Gasteiger partial charge is 0.353 e. The van der Waals surface area contributed by atoms with Crippen molar-refractivity contribution in [1.82, 2.24) is 24.7 Å². The van der Waals surface area contributed by atoms with Crippen molar-refractivity contribution in [1.29, 1.82) is 0 Å². The summed E-state index contributed by atoms with van der Waals surface area (Å²) in [5.74, 6) is -1.21. The number of aryl methyl sites for hydroxylation is 2. The van der Waals surface area contributed by atoms with E-state index in [1.807, 2.05) is 11.8 Å². The molecular weight excluding hydrogens is 459 g/mol. The van der Waals surface area contributed by atoms with Crippen LogP contribution in [0.15, 0.2) is 41.5 Å². The molecule has 3 aromatic rings. The van der Waals surface area contributed by atoms with Gasteiger partial charge >= 0.3 is 6.03 Å². The van der Waals surface area contributed by atoms with Gasteiger partial charge in [0.05, 0.1) is 17.4 Å². The Morgan fingerprint density at radius 1 is 1.00 bits per heavy atom. The summed E-state index contributed by atoms with van der Waals surface area (Å²) in [6.45, 7) is 3.61. The number of hydrazone groups is 1. The molecule has 182 valence electrons. The molecule has 5 rings (SSSR count). The van der Waals surface area contributed by atoms with Crippen LogP contribution >= 0.6 is 0 Å². The molecule has 4 heterocycles. The first-order valence-corrected chi connectivity index (χ1v) is 11.3. The summed E-state index contributed by atoms with van der Waals surface area (Å²) < 4.78 is 43.6. The molecule has 0 radical (unpaired) electrons. The van der Waals surface area contributed by atoms with Gasteiger partial charge in [-0.05, 0) is 42.8 Å². The van der Waals surface area contributed by atoms with E-state index in [4.69, 9.17) is 0 Å². The fraction of sp³-hybridized carbons (Fsp3) is 0.333. The molecule has 1 fully saturated rings. The van der Waals surface area contributed by atoms with Crippen molar-refractivity contribution in [2.75, 3.05) is 31.1 Å². The molecule has 1 aromatic carbocycles. The van der Waals surface area contributed by atoms with Crippen molar-refractivity contribution >= 4 is 18.1 Å². The third kappa shape index (κ3) is 4.45. The summed E-state index contributed by atoms with van der Waals surface area (Å²) >= 11 is 0. The smallest absolute Gasteiger partial charge is 0.341 e. The van der Waals surface area contributed by atoms with E-state index >= 15 is 0 Å². The highest BCUT2D eigenvalue weighted by Gasteiger charge is 2.33. The molecule has 1 unspecified atom stereocenters. The minimum atomic E-state index is -0.694. The van der Waals surface area contributed by atoms with Gasteiger partial charge in [-0.2, -0.15) is 10.2 Å². The van der Waals surface area contributed by atoms with E-state index in [1.165, 1.54) is 23.2 Å². The molecular formula is C24H24F3N7O. The van der Waals surface area contributed by atoms with Crippen LogP contribution in [-0.2, 0) is 7.05 Å². The van der Waals surface area contributed by atoms with Gasteiger partial charge in [0.25, 0.3) is 0 Å². The van der Waals surface area contributed by atoms with E-state index in [2.05, 4.69) is 15.2 Å². The summed E-state index contributed by atoms with van der Waals surface area (Å²) in [4.78, 5) is 21.4. The zero-order chi connectivity index (χ0) is 24.7. The molecule has 2 amide bonds. The highest BCUT2D eigenvalue weighted by molar-refractivity contribution is 5.79. The van der Waals surface area contributed by atoms with Crippen molar-refractivity contribution in [2.45, 2.75) is 19.4 Å². The van der Waals surface area contributed by atoms with Crippen molar-refractivity contribution in [2.24, 2.45) is 12.1 Å². The fourth-order valence-corrected chi connectivity index (χ4v) is 4.53. The Kier molecular flexibility index (Phi) is 5.91. The van der Waals surface area contributed by atoms with E-state index in [-0.39, 0.29) is 11.7 Å². The average molecular weight is 483 g/mol. The summed E-state index contributed by atoms with van der Waals surface area (Å²) in [6, 6.07) is 7.15. The van der Waals surface area contributed by atoms with Gasteiger partial charge in [0.15, 0.2) is 5.82 Å². The van der Waals surface area contributed by atoms with Crippen LogP contribution in [0, 0.1) is 24.4 Å². The number of hydrogen-bond acceptors (Lipinski definition) is 5. The number of benzene rings is 1. The van der Waals surface area contributed by atoms with Gasteiger partial charge in [0.1, 0.15) is 23.1 Å². The number of nitrogens with zero attached hydrogens (tertiary/aromatic N) is 7. The van der Waals surface area contributed by atoms with Crippen molar-refractivity contribution in [3.63, 3.8) is 0 Å². The van der Waals surface area contributed by atoms with Crippen LogP contribution in [0.3, 0.4) is 0 Å². The number of amides is 2. The fourth-order valence-electron chi connectivity index (χ4n) is 4.53. The number of carbonyl (C=O) groups is 1. The Bertz CT molecular complexity index is 1280. The predicted molar refractivity (Wildman–Crippen MR) is 124 cm³/mol. The van der Waals surface area contributed by atoms with Crippen LogP contribution in [0.1, 0.15) is 23.7 Å². The number of halogens is 3. The van der Waals surface area contributed by atoms with E-state index in [9.17, 15) is 18.0 Å². The van der Waals surface area contributed by atoms with Crippen LogP contribution in [0.5, 0.6) is 0 Å². The number of pyridine rings is 1. The third-order valence-corrected chi connectivity index (χ3v) is 6.25. The Balaban J connectivity index is 1.28. The zero-order valence-electron chi connectivity index (χ0n) is 19.3. The van der Waals surface area contributed by atoms with Gasteiger partial charge in [-0.25, -0.2) is 28.0 Å². The van der Waals surface area contributed by atoms with Crippen molar-refractivity contribution in [3.05, 3.63) is 65.1 Å². The van der Waals surface area contributed by atoms with Crippen molar-refractivity contribution in [3.8, 4) is 11.4 Å². The molecule has 0 aliphatic carbocycles. The first-order chi connectivity index (χ1) is 16.8. The molecule has 35 heavy (non-hydrogen) atoms. The maximum atomic E-state index is 14.5. The van der Waals surface area contributed by atoms with Gasteiger partial charge in [-0.3, -0.25) is 4.68 Å². The summed E-state index contributed by atoms with van der Waals surface area (Å²) in [6.07, 6.45) is 1.95. The molecule has 2 aliphatic heterocycles. The van der Waals surface area contributed by atoms with Gasteiger partial charge in [0, 0.05) is 51.9 Å². The Hall–Kier alpha value is -3.89. The van der Waals surface area contributed by atoms with Crippen LogP contribution in [0.2, 0.25) is 0 Å². The first-order valence-electron chi connectivity index (χ1n) is 11.3. The molecule has 2 aliphatic rings. The van der Waals surface area contributed by atoms with Gasteiger partial charge < -0.3 is 9.80 Å². The van der Waals surface area contributed by atoms with Crippen LogP contribution in [0.25, 0.3) is 11.4 Å². The van der Waals surface area contributed by atoms with E-state index in [1.54, 1.807) is 35.0 Å². The number of hydrogen-bond donors (Lipinski definition) is 0. The van der Waals surface area contributed by atoms with Crippen molar-refractivity contribution < 1.29 is 18.0 Å². The molecule has 2 aromatic heterocycles. The van der Waals surface area contributed by atoms with E-state index in [0.717, 1.165) is 11.8 Å². The second-order valence-electron chi connectivity index (χ2n) is 8.65. The highest BCUT2D eigenvalue weighted by atomic mass is 19.1. The topological polar surface area (TPSA) is 69.9 Å². The lowest BCUT2D eigenvalue weighted by Crippen LogP contribution is -2.52.